The molecule has 5 heteroatoms. The van der Waals surface area contributed by atoms with Gasteiger partial charge >= 0.3 is 0 Å². The minimum Gasteiger partial charge on any atom is -0.379 e. The van der Waals surface area contributed by atoms with Gasteiger partial charge in [-0.3, -0.25) is 4.79 Å². The van der Waals surface area contributed by atoms with E-state index in [2.05, 4.69) is 21.0 Å². The molecule has 0 bridgehead atoms. The van der Waals surface area contributed by atoms with Crippen molar-refractivity contribution in [3.63, 3.8) is 0 Å². The average Bonchev–Trinajstić information content (AvgIpc) is 2.83. The van der Waals surface area contributed by atoms with Crippen molar-refractivity contribution in [1.29, 1.82) is 0 Å². The van der Waals surface area contributed by atoms with Crippen LogP contribution in [0.3, 0.4) is 0 Å². The van der Waals surface area contributed by atoms with Gasteiger partial charge in [0.1, 0.15) is 0 Å². The molecule has 0 aliphatic heterocycles. The SMILES string of the molecule is CNC(=O)Cc1ccc(NCc2csc(C)n2)cc1. The first-order chi connectivity index (χ1) is 9.17. The van der Waals surface area contributed by atoms with Crippen LogP contribution in [0.2, 0.25) is 0 Å². The Morgan fingerprint density at radius 3 is 2.63 bits per heavy atom. The van der Waals surface area contributed by atoms with Crippen LogP contribution in [0.1, 0.15) is 16.3 Å². The van der Waals surface area contributed by atoms with Crippen molar-refractivity contribution in [2.75, 3.05) is 12.4 Å². The highest BCUT2D eigenvalue weighted by atomic mass is 32.1. The summed E-state index contributed by atoms with van der Waals surface area (Å²) in [6.45, 7) is 2.72. The van der Waals surface area contributed by atoms with Gasteiger partial charge in [-0.1, -0.05) is 12.1 Å². The summed E-state index contributed by atoms with van der Waals surface area (Å²) in [6.07, 6.45) is 0.419. The number of aromatic nitrogens is 1. The van der Waals surface area contributed by atoms with Crippen molar-refractivity contribution in [2.45, 2.75) is 19.9 Å². The molecule has 0 radical (unpaired) electrons. The van der Waals surface area contributed by atoms with E-state index in [1.54, 1.807) is 18.4 Å². The predicted octanol–water partition coefficient (Wildman–Crippen LogP) is 2.35. The molecule has 1 aromatic carbocycles. The molecule has 2 aromatic rings. The van der Waals surface area contributed by atoms with Gasteiger partial charge in [0.15, 0.2) is 0 Å². The minimum atomic E-state index is 0.0265. The highest BCUT2D eigenvalue weighted by molar-refractivity contribution is 7.09. The van der Waals surface area contributed by atoms with Gasteiger partial charge in [0, 0.05) is 18.1 Å². The molecule has 0 unspecified atom stereocenters. The van der Waals surface area contributed by atoms with Gasteiger partial charge in [-0.2, -0.15) is 0 Å². The standard InChI is InChI=1S/C14H17N3OS/c1-10-17-13(9-19-10)8-16-12-5-3-11(4-6-12)7-14(18)15-2/h3-6,9,16H,7-8H2,1-2H3,(H,15,18). The van der Waals surface area contributed by atoms with Crippen LogP contribution in [-0.2, 0) is 17.8 Å². The Morgan fingerprint density at radius 1 is 1.32 bits per heavy atom. The second kappa shape index (κ2) is 6.33. The number of nitrogens with zero attached hydrogens (tertiary/aromatic N) is 1. The molecule has 1 amide bonds. The summed E-state index contributed by atoms with van der Waals surface area (Å²) in [5.74, 6) is 0.0265. The molecule has 0 aliphatic carbocycles. The number of aryl methyl sites for hydroxylation is 1. The van der Waals surface area contributed by atoms with Crippen LogP contribution in [0, 0.1) is 6.92 Å². The van der Waals surface area contributed by atoms with Gasteiger partial charge in [-0.15, -0.1) is 11.3 Å². The molecule has 0 aliphatic rings. The number of thiazole rings is 1. The Kier molecular flexibility index (Phi) is 4.52. The van der Waals surface area contributed by atoms with E-state index in [1.807, 2.05) is 31.2 Å². The Balaban J connectivity index is 1.89. The number of anilines is 1. The van der Waals surface area contributed by atoms with Crippen LogP contribution in [0.5, 0.6) is 0 Å². The number of carbonyl (C=O) groups excluding carboxylic acids is 1. The minimum absolute atomic E-state index is 0.0265. The first-order valence-corrected chi connectivity index (χ1v) is 7.00. The zero-order chi connectivity index (χ0) is 13.7. The Bertz CT molecular complexity index is 548. The first kappa shape index (κ1) is 13.5. The lowest BCUT2D eigenvalue weighted by molar-refractivity contribution is -0.119. The van der Waals surface area contributed by atoms with Gasteiger partial charge in [0.25, 0.3) is 0 Å². The molecule has 2 N–H and O–H groups in total. The molecule has 0 fully saturated rings. The van der Waals surface area contributed by atoms with E-state index < -0.39 is 0 Å². The number of likely N-dealkylation sites (N-methyl/N-ethyl adjacent to an activating group) is 1. The lowest BCUT2D eigenvalue weighted by Gasteiger charge is -2.06. The maximum atomic E-state index is 11.2. The third-order valence-corrected chi connectivity index (χ3v) is 3.56. The van der Waals surface area contributed by atoms with Crippen molar-refractivity contribution >= 4 is 22.9 Å². The van der Waals surface area contributed by atoms with Crippen molar-refractivity contribution in [1.82, 2.24) is 10.3 Å². The van der Waals surface area contributed by atoms with Crippen LogP contribution < -0.4 is 10.6 Å². The van der Waals surface area contributed by atoms with Gasteiger partial charge in [-0.25, -0.2) is 4.98 Å². The van der Waals surface area contributed by atoms with Crippen molar-refractivity contribution in [2.24, 2.45) is 0 Å². The summed E-state index contributed by atoms with van der Waals surface area (Å²) in [6, 6.07) is 7.89. The lowest BCUT2D eigenvalue weighted by atomic mass is 10.1. The van der Waals surface area contributed by atoms with E-state index in [1.165, 1.54) is 0 Å². The molecule has 19 heavy (non-hydrogen) atoms. The number of rotatable bonds is 5. The van der Waals surface area contributed by atoms with E-state index in [4.69, 9.17) is 0 Å². The second-order valence-corrected chi connectivity index (χ2v) is 5.32. The van der Waals surface area contributed by atoms with E-state index >= 15 is 0 Å². The third kappa shape index (κ3) is 4.06. The number of amides is 1. The fourth-order valence-electron chi connectivity index (χ4n) is 1.70. The van der Waals surface area contributed by atoms with E-state index in [0.29, 0.717) is 6.42 Å². The Morgan fingerprint density at radius 2 is 2.05 bits per heavy atom. The molecule has 0 saturated carbocycles. The first-order valence-electron chi connectivity index (χ1n) is 6.12. The van der Waals surface area contributed by atoms with E-state index in [9.17, 15) is 4.79 Å². The zero-order valence-electron chi connectivity index (χ0n) is 11.1. The molecule has 0 saturated heterocycles. The fraction of sp³-hybridized carbons (Fsp3) is 0.286. The second-order valence-electron chi connectivity index (χ2n) is 4.26. The number of hydrogen-bond acceptors (Lipinski definition) is 4. The quantitative estimate of drug-likeness (QED) is 0.880. The smallest absolute Gasteiger partial charge is 0.224 e. The summed E-state index contributed by atoms with van der Waals surface area (Å²) < 4.78 is 0. The summed E-state index contributed by atoms with van der Waals surface area (Å²) in [5.41, 5.74) is 3.10. The highest BCUT2D eigenvalue weighted by Gasteiger charge is 2.01. The molecule has 4 nitrogen and oxygen atoms in total. The van der Waals surface area contributed by atoms with E-state index in [-0.39, 0.29) is 5.91 Å². The number of hydrogen-bond donors (Lipinski definition) is 2. The highest BCUT2D eigenvalue weighted by Crippen LogP contribution is 2.13. The van der Waals surface area contributed by atoms with Crippen LogP contribution in [0.25, 0.3) is 0 Å². The predicted molar refractivity (Wildman–Crippen MR) is 78.4 cm³/mol. The number of nitrogens with one attached hydrogen (secondary N) is 2. The van der Waals surface area contributed by atoms with E-state index in [0.717, 1.165) is 28.5 Å². The summed E-state index contributed by atoms with van der Waals surface area (Å²) in [7, 11) is 1.65. The Labute approximate surface area is 116 Å². The zero-order valence-corrected chi connectivity index (χ0v) is 11.9. The van der Waals surface area contributed by atoms with Gasteiger partial charge < -0.3 is 10.6 Å². The van der Waals surface area contributed by atoms with Crippen LogP contribution in [-0.4, -0.2) is 17.9 Å². The summed E-state index contributed by atoms with van der Waals surface area (Å²) >= 11 is 1.66. The van der Waals surface area contributed by atoms with Gasteiger partial charge in [0.2, 0.25) is 5.91 Å². The van der Waals surface area contributed by atoms with Crippen LogP contribution >= 0.6 is 11.3 Å². The van der Waals surface area contributed by atoms with Crippen molar-refractivity contribution in [3.8, 4) is 0 Å². The monoisotopic (exact) mass is 275 g/mol. The fourth-order valence-corrected chi connectivity index (χ4v) is 2.31. The topological polar surface area (TPSA) is 54.0 Å². The molecule has 0 spiro atoms. The average molecular weight is 275 g/mol. The van der Waals surface area contributed by atoms with Gasteiger partial charge in [0.05, 0.1) is 23.7 Å². The largest absolute Gasteiger partial charge is 0.379 e. The Hall–Kier alpha value is -1.88. The molecular formula is C14H17N3OS. The molecule has 100 valence electrons. The molecule has 0 atom stereocenters. The van der Waals surface area contributed by atoms with Gasteiger partial charge in [-0.05, 0) is 24.6 Å². The summed E-state index contributed by atoms with van der Waals surface area (Å²) in [5, 5.41) is 9.07. The van der Waals surface area contributed by atoms with Crippen LogP contribution in [0.15, 0.2) is 29.6 Å². The van der Waals surface area contributed by atoms with Crippen LogP contribution in [0.4, 0.5) is 5.69 Å². The summed E-state index contributed by atoms with van der Waals surface area (Å²) in [4.78, 5) is 15.6. The lowest BCUT2D eigenvalue weighted by Crippen LogP contribution is -2.19. The molecule has 2 rings (SSSR count). The maximum absolute atomic E-state index is 11.2. The molecular weight excluding hydrogens is 258 g/mol. The molecule has 1 aromatic heterocycles. The van der Waals surface area contributed by atoms with Crippen molar-refractivity contribution in [3.05, 3.63) is 45.9 Å². The van der Waals surface area contributed by atoms with Crippen molar-refractivity contribution < 1.29 is 4.79 Å². The number of carbonyl (C=O) groups is 1. The molecule has 1 heterocycles. The normalized spacial score (nSPS) is 10.2. The maximum Gasteiger partial charge on any atom is 0.224 e. The third-order valence-electron chi connectivity index (χ3n) is 2.74. The number of benzene rings is 1.